The molecule has 0 radical (unpaired) electrons. The van der Waals surface area contributed by atoms with Gasteiger partial charge in [0.05, 0.1) is 23.4 Å². The van der Waals surface area contributed by atoms with Crippen LogP contribution in [0.3, 0.4) is 0 Å². The summed E-state index contributed by atoms with van der Waals surface area (Å²) < 4.78 is 24.0. The van der Waals surface area contributed by atoms with Gasteiger partial charge in [-0.3, -0.25) is 0 Å². The van der Waals surface area contributed by atoms with E-state index < -0.39 is 5.79 Å². The fourth-order valence-corrected chi connectivity index (χ4v) is 7.80. The molecular weight excluding hydrogens is 713 g/mol. The molecule has 7 rings (SSSR count). The highest BCUT2D eigenvalue weighted by molar-refractivity contribution is 6.35. The topological polar surface area (TPSA) is 101 Å². The second-order valence-electron chi connectivity index (χ2n) is 14.2. The van der Waals surface area contributed by atoms with Crippen molar-refractivity contribution < 1.29 is 14.2 Å². The average Bonchev–Trinajstić information content (AvgIpc) is 3.83. The van der Waals surface area contributed by atoms with E-state index in [1.54, 1.807) is 32.4 Å². The molecule has 2 aliphatic heterocycles. The van der Waals surface area contributed by atoms with E-state index in [1.807, 2.05) is 44.2 Å². The molecule has 4 heterocycles. The first kappa shape index (κ1) is 37.2. The van der Waals surface area contributed by atoms with Gasteiger partial charge in [-0.15, -0.1) is 0 Å². The van der Waals surface area contributed by atoms with Crippen LogP contribution in [0.2, 0.25) is 10.0 Å². The van der Waals surface area contributed by atoms with E-state index in [1.165, 1.54) is 24.0 Å². The number of halogens is 2. The summed E-state index contributed by atoms with van der Waals surface area (Å²) >= 11 is 12.8. The van der Waals surface area contributed by atoms with Crippen LogP contribution in [0, 0.1) is 12.8 Å². The zero-order valence-corrected chi connectivity index (χ0v) is 32.0. The first-order chi connectivity index (χ1) is 25.7. The molecule has 5 aromatic rings. The van der Waals surface area contributed by atoms with Crippen LogP contribution in [0.15, 0.2) is 84.2 Å². The van der Waals surface area contributed by atoms with Gasteiger partial charge >= 0.3 is 5.69 Å². The van der Waals surface area contributed by atoms with E-state index in [0.29, 0.717) is 34.7 Å². The number of hydrogen-bond acceptors (Lipinski definition) is 8. The molecule has 0 saturated carbocycles. The number of benzene rings is 3. The summed E-state index contributed by atoms with van der Waals surface area (Å²) in [6, 6.07) is 22.1. The molecule has 0 N–H and O–H groups in total. The molecule has 0 bridgehead atoms. The lowest BCUT2D eigenvalue weighted by Crippen LogP contribution is -2.35. The Morgan fingerprint density at radius 2 is 1.79 bits per heavy atom. The van der Waals surface area contributed by atoms with Gasteiger partial charge in [0.15, 0.2) is 0 Å². The Morgan fingerprint density at radius 3 is 2.53 bits per heavy atom. The van der Waals surface area contributed by atoms with Crippen LogP contribution in [0.5, 0.6) is 5.75 Å². The zero-order chi connectivity index (χ0) is 37.0. The van der Waals surface area contributed by atoms with Crippen molar-refractivity contribution in [2.24, 2.45) is 5.92 Å². The summed E-state index contributed by atoms with van der Waals surface area (Å²) in [4.78, 5) is 19.5. The fourth-order valence-electron chi connectivity index (χ4n) is 7.25. The summed E-state index contributed by atoms with van der Waals surface area (Å²) in [6.45, 7) is 8.95. The number of aryl methyl sites for hydroxylation is 2. The number of anilines is 1. The standard InChI is InChI=1S/C40H47Cl2N7O4/c1-4-28(2)49-39(50)47(27-45-49)34-12-9-31(10-13-34)8-7-30-6-5-20-46(21-19-30)33-14-16-35(17-15-33)51-23-36-24-52-40(53-36,25-48-29(3)43-26-44-48)37-18-11-32(41)22-38(37)42/h9-18,22,26-28,30,36H,4-8,19-21,23-25H2,1-3H3/t28?,30?,36?,40-/m0/s1. The Balaban J connectivity index is 0.897. The molecule has 4 atom stereocenters. The Bertz CT molecular complexity index is 2030. The minimum absolute atomic E-state index is 0.0813. The molecular formula is C40H47Cl2N7O4. The molecule has 2 aromatic heterocycles. The van der Waals surface area contributed by atoms with Crippen LogP contribution in [0.4, 0.5) is 5.69 Å². The monoisotopic (exact) mass is 759 g/mol. The highest BCUT2D eigenvalue weighted by atomic mass is 35.5. The van der Waals surface area contributed by atoms with E-state index >= 15 is 0 Å². The molecule has 2 saturated heterocycles. The lowest BCUT2D eigenvalue weighted by molar-refractivity contribution is -0.191. The maximum absolute atomic E-state index is 12.8. The van der Waals surface area contributed by atoms with Gasteiger partial charge in [0, 0.05) is 29.4 Å². The van der Waals surface area contributed by atoms with Gasteiger partial charge in [-0.1, -0.05) is 48.3 Å². The number of aromatic nitrogens is 6. The zero-order valence-electron chi connectivity index (χ0n) is 30.5. The predicted octanol–water partition coefficient (Wildman–Crippen LogP) is 7.80. The number of hydrogen-bond donors (Lipinski definition) is 0. The van der Waals surface area contributed by atoms with E-state index in [2.05, 4.69) is 51.3 Å². The summed E-state index contributed by atoms with van der Waals surface area (Å²) in [5.41, 5.74) is 3.95. The second-order valence-corrected chi connectivity index (χ2v) is 15.0. The molecule has 53 heavy (non-hydrogen) atoms. The molecule has 11 nitrogen and oxygen atoms in total. The van der Waals surface area contributed by atoms with E-state index in [4.69, 9.17) is 37.4 Å². The van der Waals surface area contributed by atoms with Gasteiger partial charge in [0.1, 0.15) is 43.5 Å². The smallest absolute Gasteiger partial charge is 0.350 e. The number of rotatable bonds is 13. The molecule has 3 aromatic carbocycles. The van der Waals surface area contributed by atoms with Gasteiger partial charge in [-0.25, -0.2) is 23.7 Å². The highest BCUT2D eigenvalue weighted by Gasteiger charge is 2.46. The van der Waals surface area contributed by atoms with Crippen LogP contribution >= 0.6 is 23.2 Å². The summed E-state index contributed by atoms with van der Waals surface area (Å²) in [5.74, 6) is 1.04. The Labute approximate surface area is 320 Å². The lowest BCUT2D eigenvalue weighted by Gasteiger charge is -2.29. The first-order valence-electron chi connectivity index (χ1n) is 18.6. The summed E-state index contributed by atoms with van der Waals surface area (Å²) in [7, 11) is 0. The molecule has 2 aliphatic rings. The van der Waals surface area contributed by atoms with Gasteiger partial charge in [0.2, 0.25) is 5.79 Å². The Kier molecular flexibility index (Phi) is 11.5. The van der Waals surface area contributed by atoms with Crippen LogP contribution in [-0.4, -0.2) is 61.5 Å². The van der Waals surface area contributed by atoms with E-state index in [0.717, 1.165) is 62.5 Å². The van der Waals surface area contributed by atoms with Crippen molar-refractivity contribution >= 4 is 28.9 Å². The molecule has 2 fully saturated rings. The molecule has 0 amide bonds. The first-order valence-corrected chi connectivity index (χ1v) is 19.3. The normalized spacial score (nSPS) is 21.1. The van der Waals surface area contributed by atoms with Crippen molar-refractivity contribution in [2.45, 2.75) is 83.8 Å². The van der Waals surface area contributed by atoms with Crippen molar-refractivity contribution in [2.75, 3.05) is 31.2 Å². The van der Waals surface area contributed by atoms with Crippen molar-refractivity contribution in [3.05, 3.63) is 117 Å². The Morgan fingerprint density at radius 1 is 1.00 bits per heavy atom. The third kappa shape index (κ3) is 8.49. The summed E-state index contributed by atoms with van der Waals surface area (Å²) in [6.07, 6.45) is 9.40. The van der Waals surface area contributed by atoms with Gasteiger partial charge in [-0.05, 0) is 112 Å². The highest BCUT2D eigenvalue weighted by Crippen LogP contribution is 2.41. The third-order valence-electron chi connectivity index (χ3n) is 10.6. The average molecular weight is 761 g/mol. The Hall–Kier alpha value is -4.16. The fraction of sp³-hybridized carbons (Fsp3) is 0.450. The molecule has 3 unspecified atom stereocenters. The van der Waals surface area contributed by atoms with Crippen molar-refractivity contribution in [3.63, 3.8) is 0 Å². The molecule has 280 valence electrons. The van der Waals surface area contributed by atoms with Crippen LogP contribution < -0.4 is 15.3 Å². The van der Waals surface area contributed by atoms with E-state index in [-0.39, 0.29) is 24.4 Å². The SMILES string of the molecule is CCC(C)n1ncn(-c2ccc(CCC3CCCN(c4ccc(OCC5CO[C@](Cn6ncnc6C)(c6ccc(Cl)cc6Cl)O5)cc4)CC3)cc2)c1=O. The van der Waals surface area contributed by atoms with Gasteiger partial charge in [-0.2, -0.15) is 10.2 Å². The summed E-state index contributed by atoms with van der Waals surface area (Å²) in [5, 5.41) is 9.65. The van der Waals surface area contributed by atoms with Crippen molar-refractivity contribution in [1.82, 2.24) is 29.1 Å². The quantitative estimate of drug-likeness (QED) is 0.120. The van der Waals surface area contributed by atoms with Crippen molar-refractivity contribution in [1.29, 1.82) is 0 Å². The molecule has 0 aliphatic carbocycles. The number of nitrogens with zero attached hydrogens (tertiary/aromatic N) is 7. The van der Waals surface area contributed by atoms with Gasteiger partial charge < -0.3 is 19.1 Å². The minimum Gasteiger partial charge on any atom is -0.491 e. The van der Waals surface area contributed by atoms with Crippen LogP contribution in [0.1, 0.15) is 68.9 Å². The van der Waals surface area contributed by atoms with Gasteiger partial charge in [0.25, 0.3) is 0 Å². The maximum Gasteiger partial charge on any atom is 0.350 e. The second kappa shape index (κ2) is 16.5. The minimum atomic E-state index is -1.16. The predicted molar refractivity (Wildman–Crippen MR) is 206 cm³/mol. The molecule has 13 heteroatoms. The number of ether oxygens (including phenoxy) is 3. The largest absolute Gasteiger partial charge is 0.491 e. The van der Waals surface area contributed by atoms with E-state index in [9.17, 15) is 4.79 Å². The third-order valence-corrected chi connectivity index (χ3v) is 11.2. The van der Waals surface area contributed by atoms with Crippen LogP contribution in [-0.2, 0) is 28.2 Å². The van der Waals surface area contributed by atoms with Crippen molar-refractivity contribution in [3.8, 4) is 11.4 Å². The maximum atomic E-state index is 12.8. The molecule has 0 spiro atoms. The van der Waals surface area contributed by atoms with Crippen LogP contribution in [0.25, 0.3) is 5.69 Å². The lowest BCUT2D eigenvalue weighted by atomic mass is 9.93.